The highest BCUT2D eigenvalue weighted by atomic mass is 16.6. The summed E-state index contributed by atoms with van der Waals surface area (Å²) in [5.74, 6) is -0.428. The normalized spacial score (nSPS) is 12.8. The van der Waals surface area contributed by atoms with Gasteiger partial charge >= 0.3 is 11.9 Å². The first-order chi connectivity index (χ1) is 30.6. The van der Waals surface area contributed by atoms with Crippen LogP contribution in [-0.2, 0) is 23.8 Å². The van der Waals surface area contributed by atoms with Gasteiger partial charge in [-0.1, -0.05) is 248 Å². The summed E-state index contributed by atoms with van der Waals surface area (Å²) in [7, 11) is 0. The van der Waals surface area contributed by atoms with Crippen molar-refractivity contribution in [3.8, 4) is 0 Å². The molecule has 0 radical (unpaired) electrons. The van der Waals surface area contributed by atoms with E-state index >= 15 is 0 Å². The predicted octanol–water partition coefficient (Wildman–Crippen LogP) is 17.9. The van der Waals surface area contributed by atoms with Gasteiger partial charge in [0, 0.05) is 19.4 Å². The number of unbranched alkanes of at least 4 members (excludes halogenated alkanes) is 25. The number of rotatable bonds is 48. The molecular formula is C57H100O5. The molecule has 0 aliphatic rings. The first-order valence-electron chi connectivity index (χ1n) is 26.5. The molecule has 0 aliphatic carbocycles. The van der Waals surface area contributed by atoms with E-state index < -0.39 is 6.10 Å². The molecule has 0 fully saturated rings. The molecule has 0 heterocycles. The van der Waals surface area contributed by atoms with Gasteiger partial charge in [0.1, 0.15) is 6.61 Å². The van der Waals surface area contributed by atoms with Crippen LogP contribution in [0, 0.1) is 0 Å². The Balaban J connectivity index is 4.18. The third-order valence-corrected chi connectivity index (χ3v) is 11.3. The van der Waals surface area contributed by atoms with Crippen LogP contribution in [0.25, 0.3) is 0 Å². The molecule has 0 aromatic rings. The fourth-order valence-electron chi connectivity index (χ4n) is 7.35. The Kier molecular flexibility index (Phi) is 50.4. The first kappa shape index (κ1) is 59.3. The van der Waals surface area contributed by atoms with Crippen LogP contribution in [0.15, 0.2) is 72.9 Å². The van der Waals surface area contributed by atoms with Gasteiger partial charge in [-0.15, -0.1) is 0 Å². The molecule has 5 nitrogen and oxygen atoms in total. The van der Waals surface area contributed by atoms with Gasteiger partial charge in [0.15, 0.2) is 6.10 Å². The average molecular weight is 865 g/mol. The smallest absolute Gasteiger partial charge is 0.306 e. The van der Waals surface area contributed by atoms with Crippen LogP contribution >= 0.6 is 0 Å². The van der Waals surface area contributed by atoms with Gasteiger partial charge in [0.05, 0.1) is 6.61 Å². The highest BCUT2D eigenvalue weighted by Crippen LogP contribution is 2.16. The van der Waals surface area contributed by atoms with E-state index in [4.69, 9.17) is 14.2 Å². The fourth-order valence-corrected chi connectivity index (χ4v) is 7.35. The second-order valence-electron chi connectivity index (χ2n) is 17.4. The van der Waals surface area contributed by atoms with E-state index in [0.717, 1.165) is 83.5 Å². The molecule has 0 aliphatic heterocycles. The topological polar surface area (TPSA) is 61.8 Å². The van der Waals surface area contributed by atoms with Gasteiger partial charge in [0.2, 0.25) is 0 Å². The van der Waals surface area contributed by atoms with Gasteiger partial charge in [-0.2, -0.15) is 0 Å². The fraction of sp³-hybridized carbons (Fsp3) is 0.754. The van der Waals surface area contributed by atoms with Gasteiger partial charge in [-0.25, -0.2) is 0 Å². The zero-order valence-electron chi connectivity index (χ0n) is 41.1. The van der Waals surface area contributed by atoms with E-state index in [1.807, 2.05) is 0 Å². The molecule has 1 unspecified atom stereocenters. The summed E-state index contributed by atoms with van der Waals surface area (Å²) < 4.78 is 17.3. The van der Waals surface area contributed by atoms with Crippen LogP contribution in [0.2, 0.25) is 0 Å². The maximum Gasteiger partial charge on any atom is 0.306 e. The van der Waals surface area contributed by atoms with Crippen LogP contribution in [0.3, 0.4) is 0 Å². The molecule has 0 amide bonds. The molecule has 5 heteroatoms. The lowest BCUT2D eigenvalue weighted by molar-refractivity contribution is -0.163. The Morgan fingerprint density at radius 3 is 1.10 bits per heavy atom. The molecule has 0 aromatic heterocycles. The second-order valence-corrected chi connectivity index (χ2v) is 17.4. The summed E-state index contributed by atoms with van der Waals surface area (Å²) in [6, 6.07) is 0. The highest BCUT2D eigenvalue weighted by molar-refractivity contribution is 5.70. The number of hydrogen-bond donors (Lipinski definition) is 0. The maximum atomic E-state index is 12.7. The lowest BCUT2D eigenvalue weighted by Gasteiger charge is -2.18. The maximum absolute atomic E-state index is 12.7. The van der Waals surface area contributed by atoms with E-state index in [0.29, 0.717) is 19.4 Å². The van der Waals surface area contributed by atoms with Crippen molar-refractivity contribution >= 4 is 11.9 Å². The van der Waals surface area contributed by atoms with Crippen molar-refractivity contribution in [1.29, 1.82) is 0 Å². The number of carbonyl (C=O) groups excluding carboxylic acids is 2. The van der Waals surface area contributed by atoms with E-state index in [2.05, 4.69) is 93.7 Å². The number of allylic oxidation sites excluding steroid dienone is 12. The quantitative estimate of drug-likeness (QED) is 0.0346. The van der Waals surface area contributed by atoms with Gasteiger partial charge in [0.25, 0.3) is 0 Å². The molecule has 0 saturated carbocycles. The van der Waals surface area contributed by atoms with Crippen LogP contribution in [0.4, 0.5) is 0 Å². The number of ether oxygens (including phenoxy) is 3. The third-order valence-electron chi connectivity index (χ3n) is 11.3. The Hall–Kier alpha value is -2.66. The van der Waals surface area contributed by atoms with E-state index in [1.165, 1.54) is 135 Å². The minimum Gasteiger partial charge on any atom is -0.462 e. The van der Waals surface area contributed by atoms with Gasteiger partial charge in [-0.3, -0.25) is 9.59 Å². The number of hydrogen-bond acceptors (Lipinski definition) is 5. The van der Waals surface area contributed by atoms with Gasteiger partial charge in [-0.05, 0) is 64.2 Å². The van der Waals surface area contributed by atoms with Crippen molar-refractivity contribution in [2.24, 2.45) is 0 Å². The van der Waals surface area contributed by atoms with Crippen molar-refractivity contribution in [2.75, 3.05) is 19.8 Å². The largest absolute Gasteiger partial charge is 0.462 e. The molecule has 0 saturated heterocycles. The predicted molar refractivity (Wildman–Crippen MR) is 270 cm³/mol. The Bertz CT molecular complexity index is 1110. The van der Waals surface area contributed by atoms with Crippen molar-refractivity contribution in [2.45, 2.75) is 258 Å². The van der Waals surface area contributed by atoms with Crippen LogP contribution in [0.1, 0.15) is 252 Å². The summed E-state index contributed by atoms with van der Waals surface area (Å²) in [4.78, 5) is 25.3. The Morgan fingerprint density at radius 2 is 0.710 bits per heavy atom. The highest BCUT2D eigenvalue weighted by Gasteiger charge is 2.17. The molecule has 0 aromatic carbocycles. The monoisotopic (exact) mass is 865 g/mol. The molecular weight excluding hydrogens is 765 g/mol. The summed E-state index contributed by atoms with van der Waals surface area (Å²) >= 11 is 0. The SMILES string of the molecule is CC/C=C\C/C=C\C/C=C\C/C=C\C/C=C\C/C=C\CCCOCC(COC(=O)CCCCCCCCCCCCCCCCCCCCC)OC(=O)CCCCCCCCC. The summed E-state index contributed by atoms with van der Waals surface area (Å²) in [6.45, 7) is 7.56. The zero-order chi connectivity index (χ0) is 44.9. The summed E-state index contributed by atoms with van der Waals surface area (Å²) in [6.07, 6.45) is 68.0. The number of carbonyl (C=O) groups is 2. The third kappa shape index (κ3) is 50.0. The molecule has 62 heavy (non-hydrogen) atoms. The minimum atomic E-state index is -0.563. The number of esters is 2. The van der Waals surface area contributed by atoms with E-state index in [-0.39, 0.29) is 25.2 Å². The van der Waals surface area contributed by atoms with Crippen molar-refractivity contribution in [3.63, 3.8) is 0 Å². The van der Waals surface area contributed by atoms with Crippen molar-refractivity contribution in [1.82, 2.24) is 0 Å². The molecule has 1 atom stereocenters. The Morgan fingerprint density at radius 1 is 0.371 bits per heavy atom. The molecule has 0 spiro atoms. The Labute approximate surface area is 385 Å². The lowest BCUT2D eigenvalue weighted by Crippen LogP contribution is -2.30. The van der Waals surface area contributed by atoms with Crippen molar-refractivity contribution < 1.29 is 23.8 Å². The first-order valence-corrected chi connectivity index (χ1v) is 26.5. The summed E-state index contributed by atoms with van der Waals surface area (Å²) in [5, 5.41) is 0. The second kappa shape index (κ2) is 52.7. The van der Waals surface area contributed by atoms with Crippen LogP contribution < -0.4 is 0 Å². The van der Waals surface area contributed by atoms with E-state index in [9.17, 15) is 9.59 Å². The van der Waals surface area contributed by atoms with E-state index in [1.54, 1.807) is 0 Å². The standard InChI is InChI=1S/C57H100O5/c1-4-7-10-13-16-18-20-22-24-26-28-30-32-34-36-38-40-43-46-49-52-60-53-55(62-57(59)51-48-45-41-15-12-9-6-3)54-61-56(58)50-47-44-42-39-37-35-33-31-29-27-25-23-21-19-17-14-11-8-5-2/h7,10,16,18,22,24,28,30,34,36,40,43,55H,4-6,8-9,11-15,17,19-21,23,25-27,29,31-33,35,37-39,41-42,44-54H2,1-3H3/b10-7-,18-16-,24-22-,30-28-,36-34-,43-40-. The molecule has 358 valence electrons. The lowest BCUT2D eigenvalue weighted by atomic mass is 10.0. The van der Waals surface area contributed by atoms with Crippen LogP contribution in [-0.4, -0.2) is 37.9 Å². The molecule has 0 N–H and O–H groups in total. The molecule has 0 bridgehead atoms. The zero-order valence-corrected chi connectivity index (χ0v) is 41.1. The molecule has 0 rings (SSSR count). The average Bonchev–Trinajstić information content (AvgIpc) is 3.27. The minimum absolute atomic E-state index is 0.0634. The van der Waals surface area contributed by atoms with Crippen LogP contribution in [0.5, 0.6) is 0 Å². The summed E-state index contributed by atoms with van der Waals surface area (Å²) in [5.41, 5.74) is 0. The van der Waals surface area contributed by atoms with Crippen molar-refractivity contribution in [3.05, 3.63) is 72.9 Å². The van der Waals surface area contributed by atoms with Gasteiger partial charge < -0.3 is 14.2 Å².